The Kier molecular flexibility index (Phi) is 6.93. The second-order valence-electron chi connectivity index (χ2n) is 7.03. The van der Waals surface area contributed by atoms with E-state index in [0.29, 0.717) is 16.9 Å². The fraction of sp³-hybridized carbons (Fsp3) is 0.273. The first-order valence-electron chi connectivity index (χ1n) is 8.68. The molecule has 0 spiro atoms. The first-order valence-corrected chi connectivity index (χ1v) is 8.68. The molecule has 0 aliphatic carbocycles. The predicted molar refractivity (Wildman–Crippen MR) is 103 cm³/mol. The van der Waals surface area contributed by atoms with E-state index in [0.717, 1.165) is 0 Å². The van der Waals surface area contributed by atoms with E-state index in [2.05, 4.69) is 4.74 Å². The molecule has 0 heterocycles. The van der Waals surface area contributed by atoms with Crippen LogP contribution in [-0.2, 0) is 14.3 Å². The summed E-state index contributed by atoms with van der Waals surface area (Å²) in [4.78, 5) is 24.1. The summed E-state index contributed by atoms with van der Waals surface area (Å²) in [5.74, 6) is -0.910. The quantitative estimate of drug-likeness (QED) is 0.543. The lowest BCUT2D eigenvalue weighted by molar-refractivity contribution is -0.150. The number of halogens is 1. The van der Waals surface area contributed by atoms with E-state index < -0.39 is 17.5 Å². The molecule has 0 unspecified atom stereocenters. The molecule has 0 fully saturated rings. The Bertz CT molecular complexity index is 846. The molecule has 0 aliphatic rings. The third-order valence-corrected chi connectivity index (χ3v) is 3.54. The van der Waals surface area contributed by atoms with E-state index in [9.17, 15) is 14.0 Å². The summed E-state index contributed by atoms with van der Waals surface area (Å²) in [6.45, 7) is 5.26. The van der Waals surface area contributed by atoms with E-state index in [4.69, 9.17) is 9.47 Å². The molecule has 0 atom stereocenters. The third kappa shape index (κ3) is 6.54. The smallest absolute Gasteiger partial charge is 0.338 e. The Morgan fingerprint density at radius 3 is 2.14 bits per heavy atom. The summed E-state index contributed by atoms with van der Waals surface area (Å²) in [6, 6.07) is 12.1. The molecule has 0 bridgehead atoms. The van der Waals surface area contributed by atoms with Crippen LogP contribution in [0.15, 0.2) is 54.1 Å². The average molecular weight is 386 g/mol. The normalized spacial score (nSPS) is 11.7. The number of esters is 2. The third-order valence-electron chi connectivity index (χ3n) is 3.54. The Morgan fingerprint density at radius 1 is 1.00 bits per heavy atom. The minimum Gasteiger partial charge on any atom is -0.489 e. The van der Waals surface area contributed by atoms with Crippen LogP contribution >= 0.6 is 0 Å². The van der Waals surface area contributed by atoms with Gasteiger partial charge in [0.05, 0.1) is 18.2 Å². The fourth-order valence-electron chi connectivity index (χ4n) is 2.23. The van der Waals surface area contributed by atoms with Crippen LogP contribution in [0.5, 0.6) is 5.75 Å². The Balaban J connectivity index is 2.23. The molecule has 5 nitrogen and oxygen atoms in total. The van der Waals surface area contributed by atoms with Gasteiger partial charge in [0.25, 0.3) is 0 Å². The zero-order valence-corrected chi connectivity index (χ0v) is 16.3. The van der Waals surface area contributed by atoms with Gasteiger partial charge in [0.2, 0.25) is 0 Å². The summed E-state index contributed by atoms with van der Waals surface area (Å²) in [7, 11) is 1.31. The maximum Gasteiger partial charge on any atom is 0.338 e. The van der Waals surface area contributed by atoms with Crippen molar-refractivity contribution in [2.24, 2.45) is 0 Å². The zero-order chi connectivity index (χ0) is 20.7. The van der Waals surface area contributed by atoms with Crippen LogP contribution in [0.1, 0.15) is 36.7 Å². The van der Waals surface area contributed by atoms with Crippen LogP contribution < -0.4 is 4.74 Å². The van der Waals surface area contributed by atoms with Crippen molar-refractivity contribution in [3.63, 3.8) is 0 Å². The molecule has 0 amide bonds. The van der Waals surface area contributed by atoms with Crippen molar-refractivity contribution in [3.05, 3.63) is 71.0 Å². The van der Waals surface area contributed by atoms with Gasteiger partial charge in [-0.2, -0.15) is 0 Å². The van der Waals surface area contributed by atoms with Gasteiger partial charge in [-0.1, -0.05) is 12.1 Å². The molecule has 0 aromatic heterocycles. The summed E-state index contributed by atoms with van der Waals surface area (Å²) in [6.07, 6.45) is 1.62. The Morgan fingerprint density at radius 2 is 1.61 bits per heavy atom. The summed E-state index contributed by atoms with van der Waals surface area (Å²) >= 11 is 0. The van der Waals surface area contributed by atoms with Crippen LogP contribution in [-0.4, -0.2) is 31.3 Å². The van der Waals surface area contributed by atoms with Crippen LogP contribution in [0.3, 0.4) is 0 Å². The van der Waals surface area contributed by atoms with Gasteiger partial charge in [0.15, 0.2) is 0 Å². The van der Waals surface area contributed by atoms with Crippen molar-refractivity contribution >= 4 is 18.0 Å². The summed E-state index contributed by atoms with van der Waals surface area (Å²) < 4.78 is 28.7. The van der Waals surface area contributed by atoms with Gasteiger partial charge in [-0.05, 0) is 68.8 Å². The predicted octanol–water partition coefficient (Wildman–Crippen LogP) is 4.42. The molecule has 2 aromatic rings. The van der Waals surface area contributed by atoms with Crippen LogP contribution in [0, 0.1) is 5.82 Å². The number of carbonyl (C=O) groups is 2. The van der Waals surface area contributed by atoms with Crippen molar-refractivity contribution in [1.82, 2.24) is 0 Å². The van der Waals surface area contributed by atoms with Gasteiger partial charge in [0.1, 0.15) is 23.8 Å². The number of hydrogen-bond acceptors (Lipinski definition) is 5. The van der Waals surface area contributed by atoms with Crippen molar-refractivity contribution < 1.29 is 28.2 Å². The SMILES string of the molecule is COC(=O)c1ccc(C=C(COc2ccc(F)cc2)C(=O)OC(C)(C)C)cc1. The van der Waals surface area contributed by atoms with Crippen molar-refractivity contribution in [2.75, 3.05) is 13.7 Å². The van der Waals surface area contributed by atoms with Gasteiger partial charge in [0, 0.05) is 0 Å². The molecule has 0 saturated carbocycles. The lowest BCUT2D eigenvalue weighted by Gasteiger charge is -2.21. The van der Waals surface area contributed by atoms with Gasteiger partial charge in [-0.3, -0.25) is 0 Å². The fourth-order valence-corrected chi connectivity index (χ4v) is 2.23. The standard InChI is InChI=1S/C22H23FO5/c1-22(2,3)28-21(25)17(14-27-19-11-9-18(23)10-12-19)13-15-5-7-16(8-6-15)20(24)26-4/h5-13H,14H2,1-4H3. The molecule has 0 radical (unpaired) electrons. The highest BCUT2D eigenvalue weighted by Crippen LogP contribution is 2.18. The van der Waals surface area contributed by atoms with E-state index in [1.807, 2.05) is 0 Å². The lowest BCUT2D eigenvalue weighted by Crippen LogP contribution is -2.26. The summed E-state index contributed by atoms with van der Waals surface area (Å²) in [5.41, 5.74) is 0.711. The number of hydrogen-bond donors (Lipinski definition) is 0. The lowest BCUT2D eigenvalue weighted by atomic mass is 10.1. The molecule has 0 N–H and O–H groups in total. The van der Waals surface area contributed by atoms with Gasteiger partial charge >= 0.3 is 11.9 Å². The van der Waals surface area contributed by atoms with Crippen molar-refractivity contribution in [1.29, 1.82) is 0 Å². The highest BCUT2D eigenvalue weighted by Gasteiger charge is 2.20. The topological polar surface area (TPSA) is 61.8 Å². The first kappa shape index (κ1) is 21.2. The molecule has 0 saturated heterocycles. The number of carbonyl (C=O) groups excluding carboxylic acids is 2. The Hall–Kier alpha value is -3.15. The minimum atomic E-state index is -0.666. The zero-order valence-electron chi connectivity index (χ0n) is 16.3. The minimum absolute atomic E-state index is 0.0563. The van der Waals surface area contributed by atoms with Crippen molar-refractivity contribution in [3.8, 4) is 5.75 Å². The number of benzene rings is 2. The number of methoxy groups -OCH3 is 1. The maximum absolute atomic E-state index is 13.0. The second kappa shape index (κ2) is 9.17. The molecule has 0 aliphatic heterocycles. The van der Waals surface area contributed by atoms with Gasteiger partial charge < -0.3 is 14.2 Å². The van der Waals surface area contributed by atoms with Crippen LogP contribution in [0.2, 0.25) is 0 Å². The molecule has 2 rings (SSSR count). The molecule has 6 heteroatoms. The van der Waals surface area contributed by atoms with E-state index >= 15 is 0 Å². The molecule has 2 aromatic carbocycles. The molecule has 28 heavy (non-hydrogen) atoms. The van der Waals surface area contributed by atoms with E-state index in [1.165, 1.54) is 31.4 Å². The maximum atomic E-state index is 13.0. The molecular formula is C22H23FO5. The van der Waals surface area contributed by atoms with Gasteiger partial charge in [-0.15, -0.1) is 0 Å². The summed E-state index contributed by atoms with van der Waals surface area (Å²) in [5, 5.41) is 0. The first-order chi connectivity index (χ1) is 13.2. The second-order valence-corrected chi connectivity index (χ2v) is 7.03. The number of ether oxygens (including phenoxy) is 3. The molecule has 148 valence electrons. The average Bonchev–Trinajstić information content (AvgIpc) is 2.64. The van der Waals surface area contributed by atoms with Crippen LogP contribution in [0.25, 0.3) is 6.08 Å². The highest BCUT2D eigenvalue weighted by molar-refractivity contribution is 5.94. The van der Waals surface area contributed by atoms with Gasteiger partial charge in [-0.25, -0.2) is 14.0 Å². The van der Waals surface area contributed by atoms with Crippen molar-refractivity contribution in [2.45, 2.75) is 26.4 Å². The monoisotopic (exact) mass is 386 g/mol. The van der Waals surface area contributed by atoms with E-state index in [1.54, 1.807) is 51.1 Å². The van der Waals surface area contributed by atoms with Crippen LogP contribution in [0.4, 0.5) is 4.39 Å². The number of rotatable bonds is 6. The Labute approximate surface area is 163 Å². The van der Waals surface area contributed by atoms with E-state index in [-0.39, 0.29) is 18.0 Å². The highest BCUT2D eigenvalue weighted by atomic mass is 19.1. The largest absolute Gasteiger partial charge is 0.489 e. The molecular weight excluding hydrogens is 363 g/mol.